The normalized spacial score (nSPS) is 31.1. The van der Waals surface area contributed by atoms with Gasteiger partial charge in [-0.05, 0) is 24.5 Å². The van der Waals surface area contributed by atoms with E-state index in [0.717, 1.165) is 24.8 Å². The summed E-state index contributed by atoms with van der Waals surface area (Å²) in [4.78, 5) is 0. The van der Waals surface area contributed by atoms with Crippen LogP contribution in [0.4, 0.5) is 0 Å². The average molecular weight is 328 g/mol. The molecule has 1 fully saturated rings. The number of benzene rings is 1. The van der Waals surface area contributed by atoms with Crippen LogP contribution < -0.4 is 4.74 Å². The van der Waals surface area contributed by atoms with E-state index in [1.807, 2.05) is 0 Å². The highest BCUT2D eigenvalue weighted by Gasteiger charge is 2.44. The summed E-state index contributed by atoms with van der Waals surface area (Å²) in [6.45, 7) is 1.53. The van der Waals surface area contributed by atoms with E-state index in [-0.39, 0.29) is 5.75 Å². The van der Waals surface area contributed by atoms with E-state index in [1.165, 1.54) is 6.07 Å². The van der Waals surface area contributed by atoms with Gasteiger partial charge in [-0.2, -0.15) is 0 Å². The first-order valence-electron chi connectivity index (χ1n) is 7.77. The van der Waals surface area contributed by atoms with Crippen LogP contribution in [0.3, 0.4) is 0 Å². The second-order valence-electron chi connectivity index (χ2n) is 5.71. The monoisotopic (exact) mass is 328 g/mol. The molecule has 0 aliphatic carbocycles. The molecule has 5 N–H and O–H groups in total. The molecule has 1 heterocycles. The molecule has 130 valence electrons. The SMILES string of the molecule is CCCCc1ccc(O)cc1O[C@H]1O[C@H](CO)[C@@H](O)[C@H](O)[C@H]1O. The van der Waals surface area contributed by atoms with Crippen molar-refractivity contribution >= 4 is 0 Å². The number of phenolic OH excluding ortho intramolecular Hbond substituents is 1. The van der Waals surface area contributed by atoms with E-state index in [9.17, 15) is 25.5 Å². The lowest BCUT2D eigenvalue weighted by Gasteiger charge is -2.39. The van der Waals surface area contributed by atoms with Crippen molar-refractivity contribution in [2.45, 2.75) is 56.9 Å². The first-order valence-corrected chi connectivity index (χ1v) is 7.77. The number of rotatable bonds is 6. The van der Waals surface area contributed by atoms with Crippen LogP contribution in [-0.2, 0) is 11.2 Å². The predicted molar refractivity (Wildman–Crippen MR) is 81.1 cm³/mol. The highest BCUT2D eigenvalue weighted by Crippen LogP contribution is 2.30. The van der Waals surface area contributed by atoms with Gasteiger partial charge in [0, 0.05) is 6.07 Å². The molecule has 1 aliphatic rings. The lowest BCUT2D eigenvalue weighted by atomic mass is 9.99. The van der Waals surface area contributed by atoms with Crippen LogP contribution in [0, 0.1) is 0 Å². The number of aliphatic hydroxyl groups is 4. The number of unbranched alkanes of at least 4 members (excludes halogenated alkanes) is 1. The molecule has 5 atom stereocenters. The molecular formula is C16H24O7. The molecule has 0 bridgehead atoms. The van der Waals surface area contributed by atoms with E-state index in [4.69, 9.17) is 9.47 Å². The average Bonchev–Trinajstić information content (AvgIpc) is 2.54. The molecule has 7 nitrogen and oxygen atoms in total. The molecule has 1 aromatic rings. The second kappa shape index (κ2) is 7.94. The third kappa shape index (κ3) is 4.13. The van der Waals surface area contributed by atoms with Crippen LogP contribution in [-0.4, -0.2) is 62.8 Å². The van der Waals surface area contributed by atoms with Gasteiger partial charge < -0.3 is 35.0 Å². The van der Waals surface area contributed by atoms with Gasteiger partial charge in [0.05, 0.1) is 6.61 Å². The van der Waals surface area contributed by atoms with Crippen LogP contribution in [0.2, 0.25) is 0 Å². The molecule has 0 aromatic heterocycles. The fraction of sp³-hybridized carbons (Fsp3) is 0.625. The number of hydrogen-bond donors (Lipinski definition) is 5. The molecule has 1 aliphatic heterocycles. The van der Waals surface area contributed by atoms with Gasteiger partial charge >= 0.3 is 0 Å². The molecule has 1 aromatic carbocycles. The third-order valence-electron chi connectivity index (χ3n) is 3.94. The van der Waals surface area contributed by atoms with Crippen molar-refractivity contribution in [1.82, 2.24) is 0 Å². The zero-order chi connectivity index (χ0) is 17.0. The summed E-state index contributed by atoms with van der Waals surface area (Å²) in [5.41, 5.74) is 0.835. The number of phenols is 1. The second-order valence-corrected chi connectivity index (χ2v) is 5.71. The van der Waals surface area contributed by atoms with E-state index in [2.05, 4.69) is 6.92 Å². The first kappa shape index (κ1) is 18.0. The molecule has 1 saturated heterocycles. The van der Waals surface area contributed by atoms with Crippen LogP contribution in [0.5, 0.6) is 11.5 Å². The van der Waals surface area contributed by atoms with Gasteiger partial charge in [-0.1, -0.05) is 19.4 Å². The maximum Gasteiger partial charge on any atom is 0.229 e. The summed E-state index contributed by atoms with van der Waals surface area (Å²) < 4.78 is 10.9. The molecule has 2 rings (SSSR count). The quantitative estimate of drug-likeness (QED) is 0.495. The van der Waals surface area contributed by atoms with Gasteiger partial charge in [-0.3, -0.25) is 0 Å². The van der Waals surface area contributed by atoms with E-state index in [1.54, 1.807) is 12.1 Å². The fourth-order valence-electron chi connectivity index (χ4n) is 2.52. The summed E-state index contributed by atoms with van der Waals surface area (Å²) in [6, 6.07) is 4.68. The van der Waals surface area contributed by atoms with E-state index >= 15 is 0 Å². The first-order chi connectivity index (χ1) is 11.0. The van der Waals surface area contributed by atoms with Gasteiger partial charge in [0.25, 0.3) is 0 Å². The Morgan fingerprint density at radius 3 is 2.52 bits per heavy atom. The van der Waals surface area contributed by atoms with Gasteiger partial charge in [0.15, 0.2) is 0 Å². The number of ether oxygens (including phenoxy) is 2. The van der Waals surface area contributed by atoms with Crippen molar-refractivity contribution in [2.24, 2.45) is 0 Å². The Hall–Kier alpha value is -1.38. The molecular weight excluding hydrogens is 304 g/mol. The standard InChI is InChI=1S/C16H24O7/c1-2-3-4-9-5-6-10(18)7-11(9)22-16-15(21)14(20)13(19)12(8-17)23-16/h5-7,12-21H,2-4,8H2,1H3/t12-,13-,14+,15-,16+/m1/s1. The van der Waals surface area contributed by atoms with Gasteiger partial charge in [0.1, 0.15) is 35.9 Å². The Balaban J connectivity index is 2.18. The maximum absolute atomic E-state index is 10.0. The summed E-state index contributed by atoms with van der Waals surface area (Å²) in [5, 5.41) is 48.4. The van der Waals surface area contributed by atoms with E-state index in [0.29, 0.717) is 5.75 Å². The molecule has 0 radical (unpaired) electrons. The number of hydrogen-bond acceptors (Lipinski definition) is 7. The smallest absolute Gasteiger partial charge is 0.229 e. The number of aryl methyl sites for hydroxylation is 1. The van der Waals surface area contributed by atoms with Crippen molar-refractivity contribution < 1.29 is 35.0 Å². The van der Waals surface area contributed by atoms with Crippen LogP contribution >= 0.6 is 0 Å². The molecule has 0 saturated carbocycles. The highest BCUT2D eigenvalue weighted by molar-refractivity contribution is 5.40. The van der Waals surface area contributed by atoms with Crippen molar-refractivity contribution in [3.05, 3.63) is 23.8 Å². The largest absolute Gasteiger partial charge is 0.508 e. The zero-order valence-corrected chi connectivity index (χ0v) is 13.0. The minimum Gasteiger partial charge on any atom is -0.508 e. The van der Waals surface area contributed by atoms with Crippen LogP contribution in [0.15, 0.2) is 18.2 Å². The minimum atomic E-state index is -1.50. The topological polar surface area (TPSA) is 120 Å². The molecule has 0 spiro atoms. The maximum atomic E-state index is 10.0. The van der Waals surface area contributed by atoms with Gasteiger partial charge in [-0.25, -0.2) is 0 Å². The summed E-state index contributed by atoms with van der Waals surface area (Å²) in [7, 11) is 0. The fourth-order valence-corrected chi connectivity index (χ4v) is 2.52. The molecule has 23 heavy (non-hydrogen) atoms. The van der Waals surface area contributed by atoms with Crippen molar-refractivity contribution in [2.75, 3.05) is 6.61 Å². The van der Waals surface area contributed by atoms with Crippen LogP contribution in [0.25, 0.3) is 0 Å². The minimum absolute atomic E-state index is 0.00448. The Bertz CT molecular complexity index is 505. The van der Waals surface area contributed by atoms with Gasteiger partial charge in [-0.15, -0.1) is 0 Å². The Morgan fingerprint density at radius 2 is 1.87 bits per heavy atom. The molecule has 0 unspecified atom stereocenters. The number of aliphatic hydroxyl groups excluding tert-OH is 4. The van der Waals surface area contributed by atoms with Crippen molar-refractivity contribution in [3.63, 3.8) is 0 Å². The van der Waals surface area contributed by atoms with Crippen molar-refractivity contribution in [3.8, 4) is 11.5 Å². The van der Waals surface area contributed by atoms with E-state index < -0.39 is 37.3 Å². The summed E-state index contributed by atoms with van der Waals surface area (Å²) >= 11 is 0. The Kier molecular flexibility index (Phi) is 6.20. The Labute approximate surface area is 134 Å². The van der Waals surface area contributed by atoms with Gasteiger partial charge in [0.2, 0.25) is 6.29 Å². The summed E-state index contributed by atoms with van der Waals surface area (Å²) in [5.74, 6) is 0.340. The lowest BCUT2D eigenvalue weighted by molar-refractivity contribution is -0.277. The van der Waals surface area contributed by atoms with Crippen molar-refractivity contribution in [1.29, 1.82) is 0 Å². The highest BCUT2D eigenvalue weighted by atomic mass is 16.7. The zero-order valence-electron chi connectivity index (χ0n) is 13.0. The summed E-state index contributed by atoms with van der Waals surface area (Å²) in [6.07, 6.45) is -4.06. The predicted octanol–water partition coefficient (Wildman–Crippen LogP) is -0.0865. The third-order valence-corrected chi connectivity index (χ3v) is 3.94. The Morgan fingerprint density at radius 1 is 1.13 bits per heavy atom. The number of aromatic hydroxyl groups is 1. The van der Waals surface area contributed by atoms with Crippen LogP contribution in [0.1, 0.15) is 25.3 Å². The molecule has 0 amide bonds. The molecule has 7 heteroatoms. The lowest BCUT2D eigenvalue weighted by Crippen LogP contribution is -2.60.